The molecule has 0 unspecified atom stereocenters. The van der Waals surface area contributed by atoms with E-state index in [2.05, 4.69) is 55.2 Å². The quantitative estimate of drug-likeness (QED) is 0.552. The first kappa shape index (κ1) is 26.4. The van der Waals surface area contributed by atoms with E-state index in [0.29, 0.717) is 17.7 Å². The van der Waals surface area contributed by atoms with Crippen LogP contribution in [0, 0.1) is 12.7 Å². The average molecular weight is 534 g/mol. The van der Waals surface area contributed by atoms with Crippen molar-refractivity contribution in [1.29, 1.82) is 0 Å². The van der Waals surface area contributed by atoms with E-state index in [0.717, 1.165) is 43.9 Å². The van der Waals surface area contributed by atoms with E-state index in [9.17, 15) is 9.59 Å². The Labute approximate surface area is 226 Å². The van der Waals surface area contributed by atoms with Crippen LogP contribution in [0.25, 0.3) is 10.9 Å². The van der Waals surface area contributed by atoms with Crippen LogP contribution in [0.4, 0.5) is 15.8 Å². The first-order valence-electron chi connectivity index (χ1n) is 13.0. The fourth-order valence-electron chi connectivity index (χ4n) is 4.92. The first-order chi connectivity index (χ1) is 18.9. The lowest BCUT2D eigenvalue weighted by atomic mass is 10.1. The van der Waals surface area contributed by atoms with Gasteiger partial charge < -0.3 is 24.6 Å². The van der Waals surface area contributed by atoms with Crippen molar-refractivity contribution >= 4 is 34.1 Å². The summed E-state index contributed by atoms with van der Waals surface area (Å²) in [5.74, 6) is -0.247. The minimum absolute atomic E-state index is 0.0427. The summed E-state index contributed by atoms with van der Waals surface area (Å²) in [5, 5.41) is 3.62. The summed E-state index contributed by atoms with van der Waals surface area (Å²) in [5.41, 5.74) is 4.15. The van der Waals surface area contributed by atoms with Gasteiger partial charge in [0.05, 0.1) is 11.8 Å². The highest BCUT2D eigenvalue weighted by Crippen LogP contribution is 2.35. The summed E-state index contributed by atoms with van der Waals surface area (Å²) in [7, 11) is 1.60. The molecule has 3 aliphatic heterocycles. The van der Waals surface area contributed by atoms with Crippen LogP contribution in [0.3, 0.4) is 0 Å². The highest BCUT2D eigenvalue weighted by molar-refractivity contribution is 5.97. The van der Waals surface area contributed by atoms with Gasteiger partial charge in [-0.25, -0.2) is 4.39 Å². The van der Waals surface area contributed by atoms with Crippen molar-refractivity contribution in [1.82, 2.24) is 15.2 Å². The number of aryl methyl sites for hydroxylation is 1. The molecule has 0 spiro atoms. The Balaban J connectivity index is 0.000000384. The number of likely N-dealkylation sites (N-methyl/N-ethyl adjacent to an activating group) is 1. The average Bonchev–Trinajstić information content (AvgIpc) is 2.95. The van der Waals surface area contributed by atoms with Crippen molar-refractivity contribution in [2.45, 2.75) is 13.3 Å². The van der Waals surface area contributed by atoms with Gasteiger partial charge in [-0.1, -0.05) is 12.1 Å². The largest absolute Gasteiger partial charge is 0.490 e. The van der Waals surface area contributed by atoms with Crippen LogP contribution < -0.4 is 19.9 Å². The van der Waals surface area contributed by atoms with Gasteiger partial charge >= 0.3 is 0 Å². The van der Waals surface area contributed by atoms with Crippen LogP contribution in [0.15, 0.2) is 54.9 Å². The number of ether oxygens (including phenoxy) is 2. The molecule has 0 atom stereocenters. The Morgan fingerprint density at radius 3 is 2.56 bits per heavy atom. The molecule has 2 amide bonds. The molecule has 0 aliphatic carbocycles. The molecule has 4 heterocycles. The van der Waals surface area contributed by atoms with Gasteiger partial charge in [0.2, 0.25) is 0 Å². The molecule has 0 bridgehead atoms. The summed E-state index contributed by atoms with van der Waals surface area (Å²) in [6.07, 6.45) is 3.51. The summed E-state index contributed by atoms with van der Waals surface area (Å²) in [4.78, 5) is 32.9. The monoisotopic (exact) mass is 533 g/mol. The number of anilines is 2. The van der Waals surface area contributed by atoms with Crippen molar-refractivity contribution < 1.29 is 23.5 Å². The maximum Gasteiger partial charge on any atom is 0.264 e. The molecular weight excluding hydrogens is 501 g/mol. The second kappa shape index (κ2) is 11.7. The molecule has 1 N–H and O–H groups in total. The highest BCUT2D eigenvalue weighted by Gasteiger charge is 2.27. The van der Waals surface area contributed by atoms with Crippen LogP contribution in [0.5, 0.6) is 5.75 Å². The lowest BCUT2D eigenvalue weighted by Crippen LogP contribution is -2.47. The molecule has 6 rings (SSSR count). The van der Waals surface area contributed by atoms with Crippen molar-refractivity contribution in [3.63, 3.8) is 0 Å². The predicted molar refractivity (Wildman–Crippen MR) is 147 cm³/mol. The normalized spacial score (nSPS) is 17.1. The van der Waals surface area contributed by atoms with Crippen molar-refractivity contribution in [2.75, 3.05) is 62.8 Å². The van der Waals surface area contributed by atoms with Crippen LogP contribution in [0.1, 0.15) is 11.3 Å². The number of carbonyl (C=O) groups is 2. The second-order valence-corrected chi connectivity index (χ2v) is 9.68. The number of fused-ring (bicyclic) bond motifs is 2. The van der Waals surface area contributed by atoms with Crippen molar-refractivity contribution in [2.24, 2.45) is 0 Å². The number of benzene rings is 2. The number of piperazine rings is 1. The Kier molecular flexibility index (Phi) is 7.92. The lowest BCUT2D eigenvalue weighted by molar-refractivity contribution is -0.124. The van der Waals surface area contributed by atoms with E-state index in [-0.39, 0.29) is 36.5 Å². The number of amides is 2. The number of hydrogen-bond acceptors (Lipinski definition) is 7. The number of nitrogens with one attached hydrogen (secondary N) is 1. The third-order valence-corrected chi connectivity index (χ3v) is 7.10. The third-order valence-electron chi connectivity index (χ3n) is 7.10. The van der Waals surface area contributed by atoms with Gasteiger partial charge in [-0.15, -0.1) is 0 Å². The molecule has 0 saturated carbocycles. The fourth-order valence-corrected chi connectivity index (χ4v) is 4.92. The summed E-state index contributed by atoms with van der Waals surface area (Å²) < 4.78 is 25.1. The summed E-state index contributed by atoms with van der Waals surface area (Å²) >= 11 is 0. The van der Waals surface area contributed by atoms with E-state index in [1.54, 1.807) is 19.2 Å². The smallest absolute Gasteiger partial charge is 0.264 e. The van der Waals surface area contributed by atoms with Crippen LogP contribution in [-0.4, -0.2) is 74.7 Å². The number of hydrogen-bond donors (Lipinski definition) is 1. The Hall–Kier alpha value is -4.18. The third kappa shape index (κ3) is 5.96. The zero-order chi connectivity index (χ0) is 27.4. The molecule has 2 aromatic carbocycles. The fraction of sp³-hybridized carbons (Fsp3) is 0.345. The van der Waals surface area contributed by atoms with Gasteiger partial charge in [0.1, 0.15) is 11.4 Å². The number of halogens is 1. The molecule has 9 nitrogen and oxygen atoms in total. The molecular formula is C29H32FN5O4. The van der Waals surface area contributed by atoms with E-state index in [1.165, 1.54) is 28.4 Å². The van der Waals surface area contributed by atoms with Crippen LogP contribution in [0.2, 0.25) is 0 Å². The van der Waals surface area contributed by atoms with Crippen molar-refractivity contribution in [3.05, 3.63) is 72.0 Å². The SMILES string of the molecule is Cc1ccc2c(N3CCN(CCc4ccc5c(c4F)N(C)C(=O)CO5)CC3)cccc2n1.O=C1COC=CN1. The minimum Gasteiger partial charge on any atom is -0.490 e. The highest BCUT2D eigenvalue weighted by atomic mass is 19.1. The number of carbonyl (C=O) groups excluding carboxylic acids is 2. The maximum absolute atomic E-state index is 15.1. The van der Waals surface area contributed by atoms with Gasteiger partial charge in [0, 0.05) is 62.7 Å². The predicted octanol–water partition coefficient (Wildman–Crippen LogP) is 3.01. The Morgan fingerprint density at radius 2 is 1.85 bits per heavy atom. The molecule has 3 aliphatic rings. The first-order valence-corrected chi connectivity index (χ1v) is 13.0. The van der Waals surface area contributed by atoms with E-state index in [4.69, 9.17) is 4.74 Å². The van der Waals surface area contributed by atoms with Gasteiger partial charge in [0.15, 0.2) is 19.0 Å². The molecule has 1 saturated heterocycles. The number of aromatic nitrogens is 1. The van der Waals surface area contributed by atoms with Gasteiger partial charge in [-0.2, -0.15) is 0 Å². The number of nitrogens with zero attached hydrogens (tertiary/aromatic N) is 4. The molecule has 3 aromatic rings. The topological polar surface area (TPSA) is 87.2 Å². The second-order valence-electron chi connectivity index (χ2n) is 9.68. The molecule has 1 fully saturated rings. The minimum atomic E-state index is -0.352. The summed E-state index contributed by atoms with van der Waals surface area (Å²) in [6.45, 7) is 6.58. The van der Waals surface area contributed by atoms with Crippen molar-refractivity contribution in [3.8, 4) is 5.75 Å². The molecule has 10 heteroatoms. The maximum atomic E-state index is 15.1. The molecule has 0 radical (unpaired) electrons. The van der Waals surface area contributed by atoms with Gasteiger partial charge in [-0.3, -0.25) is 19.5 Å². The summed E-state index contributed by atoms with van der Waals surface area (Å²) in [6, 6.07) is 14.1. The van der Waals surface area contributed by atoms with Crippen LogP contribution >= 0.6 is 0 Å². The van der Waals surface area contributed by atoms with E-state index in [1.807, 2.05) is 6.92 Å². The molecule has 204 valence electrons. The number of pyridine rings is 1. The Morgan fingerprint density at radius 1 is 1.03 bits per heavy atom. The van der Waals surface area contributed by atoms with E-state index >= 15 is 4.39 Å². The standard InChI is InChI=1S/C25H27FN4O2.C4H5NO2/c1-17-6-8-19-20(27-17)4-3-5-21(19)30-14-12-29(13-15-30)11-10-18-7-9-22-25(24(18)26)28(2)23(31)16-32-22;6-4-3-7-2-1-5-4/h3-9H,10-16H2,1-2H3;1-2H,3H2,(H,5,6). The zero-order valence-electron chi connectivity index (χ0n) is 22.2. The van der Waals surface area contributed by atoms with Crippen LogP contribution in [-0.2, 0) is 20.7 Å². The zero-order valence-corrected chi connectivity index (χ0v) is 22.2. The molecule has 1 aromatic heterocycles. The van der Waals surface area contributed by atoms with Gasteiger partial charge in [-0.05, 0) is 49.2 Å². The van der Waals surface area contributed by atoms with Gasteiger partial charge in [0.25, 0.3) is 11.8 Å². The number of rotatable bonds is 4. The molecule has 39 heavy (non-hydrogen) atoms. The van der Waals surface area contributed by atoms with E-state index < -0.39 is 0 Å². The lowest BCUT2D eigenvalue weighted by Gasteiger charge is -2.36. The Bertz CT molecular complexity index is 1400.